The highest BCUT2D eigenvalue weighted by atomic mass is 16.3. The maximum absolute atomic E-state index is 9.45. The first-order valence-corrected chi connectivity index (χ1v) is 6.79. The number of rotatable bonds is 5. The molecule has 1 aliphatic rings. The Kier molecular flexibility index (Phi) is 4.80. The number of nitrogens with zero attached hydrogens (tertiary/aromatic N) is 1. The van der Waals surface area contributed by atoms with E-state index in [0.29, 0.717) is 12.0 Å². The molecule has 1 fully saturated rings. The molecule has 2 atom stereocenters. The molecule has 4 heteroatoms. The third-order valence-corrected chi connectivity index (χ3v) is 3.52. The quantitative estimate of drug-likeness (QED) is 0.833. The Balaban J connectivity index is 1.94. The van der Waals surface area contributed by atoms with Crippen LogP contribution in [0.2, 0.25) is 0 Å². The van der Waals surface area contributed by atoms with Crippen molar-refractivity contribution in [2.75, 3.05) is 19.7 Å². The van der Waals surface area contributed by atoms with E-state index in [0.717, 1.165) is 25.4 Å². The summed E-state index contributed by atoms with van der Waals surface area (Å²) in [5.41, 5.74) is 0. The van der Waals surface area contributed by atoms with Gasteiger partial charge in [0.1, 0.15) is 5.76 Å². The Morgan fingerprint density at radius 3 is 3.00 bits per heavy atom. The second-order valence-corrected chi connectivity index (χ2v) is 5.58. The van der Waals surface area contributed by atoms with E-state index >= 15 is 0 Å². The first kappa shape index (κ1) is 13.6. The number of piperazine rings is 1. The molecule has 0 saturated carbocycles. The van der Waals surface area contributed by atoms with Crippen LogP contribution < -0.4 is 5.32 Å². The van der Waals surface area contributed by atoms with Gasteiger partial charge in [-0.1, -0.05) is 13.8 Å². The molecular formula is C14H24N2O2. The van der Waals surface area contributed by atoms with Crippen molar-refractivity contribution in [2.45, 2.75) is 38.9 Å². The van der Waals surface area contributed by atoms with E-state index in [9.17, 15) is 5.11 Å². The molecule has 2 rings (SSSR count). The van der Waals surface area contributed by atoms with Crippen molar-refractivity contribution >= 4 is 0 Å². The Morgan fingerprint density at radius 1 is 1.56 bits per heavy atom. The first-order chi connectivity index (χ1) is 8.69. The number of aliphatic hydroxyl groups excluding tert-OH is 1. The topological polar surface area (TPSA) is 48.6 Å². The van der Waals surface area contributed by atoms with Crippen molar-refractivity contribution in [3.8, 4) is 0 Å². The van der Waals surface area contributed by atoms with Crippen LogP contribution in [0.15, 0.2) is 22.8 Å². The Hall–Kier alpha value is -0.840. The summed E-state index contributed by atoms with van der Waals surface area (Å²) in [7, 11) is 0. The van der Waals surface area contributed by atoms with E-state index in [-0.39, 0.29) is 12.6 Å². The lowest BCUT2D eigenvalue weighted by Gasteiger charge is -2.39. The van der Waals surface area contributed by atoms with E-state index in [1.807, 2.05) is 12.1 Å². The van der Waals surface area contributed by atoms with Gasteiger partial charge in [-0.15, -0.1) is 0 Å². The van der Waals surface area contributed by atoms with Gasteiger partial charge in [0.05, 0.1) is 19.4 Å². The van der Waals surface area contributed by atoms with Gasteiger partial charge in [-0.25, -0.2) is 0 Å². The van der Waals surface area contributed by atoms with Crippen molar-refractivity contribution in [1.82, 2.24) is 10.2 Å². The molecule has 1 aliphatic heterocycles. The molecule has 2 unspecified atom stereocenters. The van der Waals surface area contributed by atoms with E-state index in [1.165, 1.54) is 6.42 Å². The van der Waals surface area contributed by atoms with E-state index < -0.39 is 0 Å². The van der Waals surface area contributed by atoms with Crippen molar-refractivity contribution in [1.29, 1.82) is 0 Å². The summed E-state index contributed by atoms with van der Waals surface area (Å²) in [4.78, 5) is 2.32. The molecule has 4 nitrogen and oxygen atoms in total. The summed E-state index contributed by atoms with van der Waals surface area (Å²) in [5, 5.41) is 13.0. The van der Waals surface area contributed by atoms with Gasteiger partial charge < -0.3 is 14.8 Å². The highest BCUT2D eigenvalue weighted by Crippen LogP contribution is 2.16. The van der Waals surface area contributed by atoms with E-state index in [4.69, 9.17) is 4.42 Å². The summed E-state index contributed by atoms with van der Waals surface area (Å²) in [6.07, 6.45) is 2.88. The largest absolute Gasteiger partial charge is 0.468 e. The summed E-state index contributed by atoms with van der Waals surface area (Å²) < 4.78 is 5.40. The number of furan rings is 1. The molecular weight excluding hydrogens is 228 g/mol. The molecule has 0 radical (unpaired) electrons. The highest BCUT2D eigenvalue weighted by molar-refractivity contribution is 4.99. The van der Waals surface area contributed by atoms with Gasteiger partial charge in [-0.2, -0.15) is 0 Å². The standard InChI is InChI=1S/C14H24N2O2/c1-11(2)6-12-8-16(13(10-17)7-15-12)9-14-4-3-5-18-14/h3-5,11-13,15,17H,6-10H2,1-2H3. The zero-order chi connectivity index (χ0) is 13.0. The fraction of sp³-hybridized carbons (Fsp3) is 0.714. The normalized spacial score (nSPS) is 25.8. The van der Waals surface area contributed by atoms with Crippen LogP contribution in [0.5, 0.6) is 0 Å². The first-order valence-electron chi connectivity index (χ1n) is 6.79. The minimum Gasteiger partial charge on any atom is -0.468 e. The maximum Gasteiger partial charge on any atom is 0.117 e. The molecule has 1 aromatic rings. The molecule has 0 aliphatic carbocycles. The SMILES string of the molecule is CC(C)CC1CN(Cc2ccco2)C(CO)CN1. The number of hydrogen-bond donors (Lipinski definition) is 2. The smallest absolute Gasteiger partial charge is 0.117 e. The fourth-order valence-electron chi connectivity index (χ4n) is 2.63. The second-order valence-electron chi connectivity index (χ2n) is 5.58. The minimum atomic E-state index is 0.193. The second kappa shape index (κ2) is 6.36. The van der Waals surface area contributed by atoms with Crippen LogP contribution in [0.3, 0.4) is 0 Å². The van der Waals surface area contributed by atoms with Gasteiger partial charge in [0, 0.05) is 25.2 Å². The molecule has 0 amide bonds. The molecule has 2 N–H and O–H groups in total. The van der Waals surface area contributed by atoms with Crippen molar-refractivity contribution in [3.63, 3.8) is 0 Å². The van der Waals surface area contributed by atoms with Crippen LogP contribution in [0.25, 0.3) is 0 Å². The van der Waals surface area contributed by atoms with Gasteiger partial charge in [0.15, 0.2) is 0 Å². The number of nitrogens with one attached hydrogen (secondary N) is 1. The van der Waals surface area contributed by atoms with Gasteiger partial charge in [-0.3, -0.25) is 4.90 Å². The lowest BCUT2D eigenvalue weighted by Crippen LogP contribution is -2.57. The molecule has 0 spiro atoms. The zero-order valence-corrected chi connectivity index (χ0v) is 11.3. The lowest BCUT2D eigenvalue weighted by molar-refractivity contribution is 0.0647. The molecule has 18 heavy (non-hydrogen) atoms. The third-order valence-electron chi connectivity index (χ3n) is 3.52. The van der Waals surface area contributed by atoms with E-state index in [2.05, 4.69) is 24.1 Å². The van der Waals surface area contributed by atoms with Crippen LogP contribution in [-0.2, 0) is 6.54 Å². The van der Waals surface area contributed by atoms with Crippen molar-refractivity contribution < 1.29 is 9.52 Å². The summed E-state index contributed by atoms with van der Waals surface area (Å²) in [6, 6.07) is 4.62. The predicted molar refractivity (Wildman–Crippen MR) is 71.2 cm³/mol. The molecule has 102 valence electrons. The number of aliphatic hydroxyl groups is 1. The zero-order valence-electron chi connectivity index (χ0n) is 11.3. The maximum atomic E-state index is 9.45. The van der Waals surface area contributed by atoms with Gasteiger partial charge in [0.25, 0.3) is 0 Å². The van der Waals surface area contributed by atoms with Crippen molar-refractivity contribution in [2.24, 2.45) is 5.92 Å². The summed E-state index contributed by atoms with van der Waals surface area (Å²) >= 11 is 0. The van der Waals surface area contributed by atoms with Crippen molar-refractivity contribution in [3.05, 3.63) is 24.2 Å². The third kappa shape index (κ3) is 3.57. The van der Waals surface area contributed by atoms with Crippen LogP contribution in [0, 0.1) is 5.92 Å². The monoisotopic (exact) mass is 252 g/mol. The molecule has 2 heterocycles. The summed E-state index contributed by atoms with van der Waals surface area (Å²) in [5.74, 6) is 1.66. The molecule has 0 aromatic carbocycles. The predicted octanol–water partition coefficient (Wildman–Crippen LogP) is 1.46. The average Bonchev–Trinajstić information content (AvgIpc) is 2.81. The summed E-state index contributed by atoms with van der Waals surface area (Å²) in [6.45, 7) is 7.31. The highest BCUT2D eigenvalue weighted by Gasteiger charge is 2.28. The minimum absolute atomic E-state index is 0.193. The Morgan fingerprint density at radius 2 is 2.39 bits per heavy atom. The Labute approximate surface area is 109 Å². The van der Waals surface area contributed by atoms with Crippen LogP contribution >= 0.6 is 0 Å². The van der Waals surface area contributed by atoms with Gasteiger partial charge in [0.2, 0.25) is 0 Å². The average molecular weight is 252 g/mol. The fourth-order valence-corrected chi connectivity index (χ4v) is 2.63. The molecule has 1 aromatic heterocycles. The molecule has 1 saturated heterocycles. The van der Waals surface area contributed by atoms with E-state index in [1.54, 1.807) is 6.26 Å². The number of hydrogen-bond acceptors (Lipinski definition) is 4. The van der Waals surface area contributed by atoms with Crippen LogP contribution in [0.4, 0.5) is 0 Å². The van der Waals surface area contributed by atoms with Crippen LogP contribution in [-0.4, -0.2) is 41.8 Å². The Bertz CT molecular complexity index is 338. The van der Waals surface area contributed by atoms with Gasteiger partial charge >= 0.3 is 0 Å². The molecule has 0 bridgehead atoms. The lowest BCUT2D eigenvalue weighted by atomic mass is 10.00. The van der Waals surface area contributed by atoms with Crippen LogP contribution in [0.1, 0.15) is 26.0 Å². The van der Waals surface area contributed by atoms with Gasteiger partial charge in [-0.05, 0) is 24.5 Å².